The van der Waals surface area contributed by atoms with Gasteiger partial charge >= 0.3 is 0 Å². The first-order valence-electron chi connectivity index (χ1n) is 8.39. The average Bonchev–Trinajstić information content (AvgIpc) is 3.29. The van der Waals surface area contributed by atoms with Crippen molar-refractivity contribution < 1.29 is 27.4 Å². The number of nitrogens with zero attached hydrogens (tertiary/aromatic N) is 1. The van der Waals surface area contributed by atoms with Crippen LogP contribution in [0.2, 0.25) is 0 Å². The third-order valence-electron chi connectivity index (χ3n) is 4.53. The maximum absolute atomic E-state index is 12.7. The number of ether oxygens (including phenoxy) is 4. The van der Waals surface area contributed by atoms with Gasteiger partial charge in [-0.1, -0.05) is 6.07 Å². The molecule has 0 aliphatic carbocycles. The van der Waals surface area contributed by atoms with E-state index in [-0.39, 0.29) is 43.5 Å². The van der Waals surface area contributed by atoms with Gasteiger partial charge in [0.15, 0.2) is 23.0 Å². The van der Waals surface area contributed by atoms with Crippen LogP contribution in [0.15, 0.2) is 41.3 Å². The van der Waals surface area contributed by atoms with Crippen molar-refractivity contribution in [2.75, 3.05) is 34.2 Å². The Bertz CT molecular complexity index is 967. The van der Waals surface area contributed by atoms with Gasteiger partial charge in [0.1, 0.15) is 0 Å². The van der Waals surface area contributed by atoms with E-state index in [1.54, 1.807) is 6.07 Å². The number of rotatable bonds is 6. The minimum absolute atomic E-state index is 0. The van der Waals surface area contributed by atoms with E-state index in [9.17, 15) is 8.42 Å². The molecule has 0 fully saturated rings. The first kappa shape index (κ1) is 20.5. The van der Waals surface area contributed by atoms with Gasteiger partial charge < -0.3 is 23.8 Å². The van der Waals surface area contributed by atoms with Crippen LogP contribution in [0.1, 0.15) is 11.6 Å². The zero-order valence-corrected chi connectivity index (χ0v) is 17.0. The molecule has 2 aliphatic heterocycles. The second-order valence-electron chi connectivity index (χ2n) is 6.46. The monoisotopic (exact) mass is 428 g/mol. The highest BCUT2D eigenvalue weighted by molar-refractivity contribution is 7.89. The summed E-state index contributed by atoms with van der Waals surface area (Å²) in [6.07, 6.45) is 0. The summed E-state index contributed by atoms with van der Waals surface area (Å²) in [5.74, 6) is 2.33. The van der Waals surface area contributed by atoms with Crippen LogP contribution in [0.5, 0.6) is 23.0 Å². The van der Waals surface area contributed by atoms with Gasteiger partial charge in [0, 0.05) is 18.7 Å². The number of fused-ring (bicyclic) bond motifs is 2. The van der Waals surface area contributed by atoms with Crippen LogP contribution in [0, 0.1) is 0 Å². The lowest BCUT2D eigenvalue weighted by molar-refractivity contribution is 0.173. The van der Waals surface area contributed by atoms with Crippen molar-refractivity contribution >= 4 is 22.4 Å². The topological polar surface area (TPSA) is 86.3 Å². The van der Waals surface area contributed by atoms with Gasteiger partial charge in [0.05, 0.1) is 4.90 Å². The number of hydrogen-bond acceptors (Lipinski definition) is 7. The highest BCUT2D eigenvalue weighted by atomic mass is 35.5. The second-order valence-corrected chi connectivity index (χ2v) is 8.23. The maximum Gasteiger partial charge on any atom is 0.240 e. The van der Waals surface area contributed by atoms with Gasteiger partial charge in [-0.15, -0.1) is 12.4 Å². The van der Waals surface area contributed by atoms with Crippen LogP contribution in [0.4, 0.5) is 0 Å². The van der Waals surface area contributed by atoms with E-state index >= 15 is 0 Å². The van der Waals surface area contributed by atoms with Crippen LogP contribution in [-0.2, 0) is 10.0 Å². The molecule has 1 atom stereocenters. The summed E-state index contributed by atoms with van der Waals surface area (Å²) < 4.78 is 49.3. The molecule has 1 unspecified atom stereocenters. The molecule has 0 saturated heterocycles. The molecule has 2 aromatic carbocycles. The minimum Gasteiger partial charge on any atom is -0.454 e. The quantitative estimate of drug-likeness (QED) is 0.754. The Morgan fingerprint density at radius 2 is 1.50 bits per heavy atom. The van der Waals surface area contributed by atoms with E-state index in [1.807, 2.05) is 37.2 Å². The van der Waals surface area contributed by atoms with Gasteiger partial charge in [-0.3, -0.25) is 0 Å². The normalized spacial score (nSPS) is 15.4. The summed E-state index contributed by atoms with van der Waals surface area (Å²) in [7, 11) is 0.0879. The summed E-state index contributed by atoms with van der Waals surface area (Å²) >= 11 is 0. The van der Waals surface area contributed by atoms with Crippen molar-refractivity contribution in [3.8, 4) is 23.0 Å². The molecular formula is C18H21ClN2O6S. The van der Waals surface area contributed by atoms with E-state index in [2.05, 4.69) is 4.72 Å². The molecule has 4 rings (SSSR count). The lowest BCUT2D eigenvalue weighted by Crippen LogP contribution is -2.34. The van der Waals surface area contributed by atoms with Gasteiger partial charge in [0.25, 0.3) is 0 Å². The van der Waals surface area contributed by atoms with Crippen molar-refractivity contribution in [1.29, 1.82) is 0 Å². The molecule has 2 aromatic rings. The fourth-order valence-electron chi connectivity index (χ4n) is 3.03. The smallest absolute Gasteiger partial charge is 0.240 e. The zero-order valence-electron chi connectivity index (χ0n) is 15.4. The molecule has 0 spiro atoms. The molecule has 28 heavy (non-hydrogen) atoms. The number of halogens is 1. The van der Waals surface area contributed by atoms with Crippen LogP contribution < -0.4 is 23.7 Å². The Morgan fingerprint density at radius 3 is 2.14 bits per heavy atom. The standard InChI is InChI=1S/C18H20N2O6S.ClH/c1-20(2)14(12-3-5-15-17(7-12)25-10-23-15)9-19-27(21,22)13-4-6-16-18(8-13)26-11-24-16;/h3-8,14,19H,9-11H2,1-2H3;1H. The molecule has 8 nitrogen and oxygen atoms in total. The van der Waals surface area contributed by atoms with Crippen LogP contribution in [0.25, 0.3) is 0 Å². The van der Waals surface area contributed by atoms with E-state index in [0.29, 0.717) is 23.0 Å². The average molecular weight is 429 g/mol. The van der Waals surface area contributed by atoms with Gasteiger partial charge in [-0.25, -0.2) is 13.1 Å². The number of hydrogen-bond donors (Lipinski definition) is 1. The van der Waals surface area contributed by atoms with Crippen LogP contribution in [-0.4, -0.2) is 47.5 Å². The van der Waals surface area contributed by atoms with Crippen molar-refractivity contribution in [3.63, 3.8) is 0 Å². The lowest BCUT2D eigenvalue weighted by Gasteiger charge is -2.25. The molecule has 2 aliphatic rings. The number of sulfonamides is 1. The molecule has 2 heterocycles. The van der Waals surface area contributed by atoms with E-state index < -0.39 is 10.0 Å². The summed E-state index contributed by atoms with van der Waals surface area (Å²) in [6, 6.07) is 10.0. The first-order chi connectivity index (χ1) is 12.9. The lowest BCUT2D eigenvalue weighted by atomic mass is 10.1. The van der Waals surface area contributed by atoms with Crippen molar-refractivity contribution in [2.24, 2.45) is 0 Å². The van der Waals surface area contributed by atoms with E-state index in [0.717, 1.165) is 5.56 Å². The van der Waals surface area contributed by atoms with Gasteiger partial charge in [-0.2, -0.15) is 0 Å². The summed E-state index contributed by atoms with van der Waals surface area (Å²) in [5.41, 5.74) is 0.928. The third-order valence-corrected chi connectivity index (χ3v) is 5.95. The summed E-state index contributed by atoms with van der Waals surface area (Å²) in [4.78, 5) is 2.08. The second kappa shape index (κ2) is 8.04. The molecule has 10 heteroatoms. The van der Waals surface area contributed by atoms with Gasteiger partial charge in [-0.05, 0) is 43.9 Å². The van der Waals surface area contributed by atoms with Crippen LogP contribution >= 0.6 is 12.4 Å². The molecule has 1 N–H and O–H groups in total. The molecule has 0 bridgehead atoms. The van der Waals surface area contributed by atoms with Crippen LogP contribution in [0.3, 0.4) is 0 Å². The SMILES string of the molecule is CN(C)C(CNS(=O)(=O)c1ccc2c(c1)OCO2)c1ccc2c(c1)OCO2.Cl. The fraction of sp³-hybridized carbons (Fsp3) is 0.333. The Labute approximate surface area is 169 Å². The Kier molecular flexibility index (Phi) is 5.90. The summed E-state index contributed by atoms with van der Waals surface area (Å²) in [6.45, 7) is 0.491. The van der Waals surface area contributed by atoms with Crippen molar-refractivity contribution in [3.05, 3.63) is 42.0 Å². The molecule has 0 radical (unpaired) electrons. The first-order valence-corrected chi connectivity index (χ1v) is 9.88. The number of likely N-dealkylation sites (N-methyl/N-ethyl adjacent to an activating group) is 1. The molecule has 152 valence electrons. The Hall–Kier alpha value is -2.20. The fourth-order valence-corrected chi connectivity index (χ4v) is 4.09. The minimum atomic E-state index is -3.70. The van der Waals surface area contributed by atoms with Gasteiger partial charge in [0.2, 0.25) is 23.6 Å². The van der Waals surface area contributed by atoms with Crippen molar-refractivity contribution in [2.45, 2.75) is 10.9 Å². The van der Waals surface area contributed by atoms with E-state index in [1.165, 1.54) is 12.1 Å². The predicted molar refractivity (Wildman–Crippen MR) is 104 cm³/mol. The molecule has 0 aromatic heterocycles. The Morgan fingerprint density at radius 1 is 0.929 bits per heavy atom. The van der Waals surface area contributed by atoms with E-state index in [4.69, 9.17) is 18.9 Å². The predicted octanol–water partition coefficient (Wildman–Crippen LogP) is 2.15. The highest BCUT2D eigenvalue weighted by Gasteiger charge is 2.24. The maximum atomic E-state index is 12.7. The molecule has 0 saturated carbocycles. The zero-order chi connectivity index (χ0) is 19.0. The molecular weight excluding hydrogens is 408 g/mol. The Balaban J connectivity index is 0.00000225. The number of nitrogens with one attached hydrogen (secondary N) is 1. The highest BCUT2D eigenvalue weighted by Crippen LogP contribution is 2.36. The number of benzene rings is 2. The molecule has 0 amide bonds. The largest absolute Gasteiger partial charge is 0.454 e. The van der Waals surface area contributed by atoms with Crippen molar-refractivity contribution in [1.82, 2.24) is 9.62 Å². The summed E-state index contributed by atoms with van der Waals surface area (Å²) in [5, 5.41) is 0. The third kappa shape index (κ3) is 3.97.